The summed E-state index contributed by atoms with van der Waals surface area (Å²) in [6.07, 6.45) is 3.34. The lowest BCUT2D eigenvalue weighted by Gasteiger charge is -2.11. The fourth-order valence-corrected chi connectivity index (χ4v) is 2.68. The van der Waals surface area contributed by atoms with Gasteiger partial charge in [0.1, 0.15) is 0 Å². The van der Waals surface area contributed by atoms with Crippen molar-refractivity contribution in [2.75, 3.05) is 14.1 Å². The van der Waals surface area contributed by atoms with Crippen molar-refractivity contribution < 1.29 is 13.2 Å². The van der Waals surface area contributed by atoms with Crippen molar-refractivity contribution >= 4 is 15.9 Å². The van der Waals surface area contributed by atoms with Gasteiger partial charge in [-0.1, -0.05) is 6.07 Å². The van der Waals surface area contributed by atoms with Crippen LogP contribution in [0.15, 0.2) is 53.7 Å². The summed E-state index contributed by atoms with van der Waals surface area (Å²) in [4.78, 5) is 16.1. The second-order valence-corrected chi connectivity index (χ2v) is 7.01. The van der Waals surface area contributed by atoms with Gasteiger partial charge in [-0.25, -0.2) is 12.7 Å². The number of sulfonamides is 1. The maximum absolute atomic E-state index is 12.0. The molecule has 0 fully saturated rings. The van der Waals surface area contributed by atoms with Crippen molar-refractivity contribution in [3.63, 3.8) is 0 Å². The molecule has 116 valence electrons. The molecule has 0 aliphatic heterocycles. The Bertz CT molecular complexity index is 741. The molecule has 1 amide bonds. The molecular formula is C15H17N3O3S. The van der Waals surface area contributed by atoms with E-state index in [2.05, 4.69) is 10.3 Å². The fraction of sp³-hybridized carbons (Fsp3) is 0.200. The molecule has 6 nitrogen and oxygen atoms in total. The zero-order valence-corrected chi connectivity index (χ0v) is 13.2. The van der Waals surface area contributed by atoms with Gasteiger partial charge in [0, 0.05) is 38.6 Å². The van der Waals surface area contributed by atoms with Crippen molar-refractivity contribution in [1.82, 2.24) is 14.6 Å². The molecule has 2 rings (SSSR count). The molecule has 0 aliphatic rings. The smallest absolute Gasteiger partial charge is 0.251 e. The SMILES string of the molecule is CN(C)S(=O)(=O)c1ccc(C(=O)NCc2cccnc2)cc1. The number of amides is 1. The average Bonchev–Trinajstić information content (AvgIpc) is 2.53. The van der Waals surface area contributed by atoms with Crippen LogP contribution in [0.3, 0.4) is 0 Å². The van der Waals surface area contributed by atoms with E-state index in [9.17, 15) is 13.2 Å². The van der Waals surface area contributed by atoms with E-state index in [1.165, 1.54) is 38.4 Å². The van der Waals surface area contributed by atoms with E-state index in [1.54, 1.807) is 18.5 Å². The molecule has 0 unspecified atom stereocenters. The normalized spacial score (nSPS) is 11.4. The first-order valence-corrected chi connectivity index (χ1v) is 8.05. The van der Waals surface area contributed by atoms with E-state index in [0.29, 0.717) is 12.1 Å². The molecule has 2 aromatic rings. The number of benzene rings is 1. The highest BCUT2D eigenvalue weighted by molar-refractivity contribution is 7.89. The molecule has 7 heteroatoms. The number of carbonyl (C=O) groups excluding carboxylic acids is 1. The Kier molecular flexibility index (Phi) is 4.89. The van der Waals surface area contributed by atoms with Gasteiger partial charge < -0.3 is 5.32 Å². The number of pyridine rings is 1. The number of rotatable bonds is 5. The Morgan fingerprint density at radius 3 is 2.41 bits per heavy atom. The summed E-state index contributed by atoms with van der Waals surface area (Å²) < 4.78 is 25.0. The summed E-state index contributed by atoms with van der Waals surface area (Å²) >= 11 is 0. The second-order valence-electron chi connectivity index (χ2n) is 4.86. The number of nitrogens with zero attached hydrogens (tertiary/aromatic N) is 2. The van der Waals surface area contributed by atoms with Crippen LogP contribution in [-0.4, -0.2) is 37.7 Å². The van der Waals surface area contributed by atoms with E-state index >= 15 is 0 Å². The average molecular weight is 319 g/mol. The lowest BCUT2D eigenvalue weighted by atomic mass is 10.2. The van der Waals surface area contributed by atoms with Gasteiger partial charge in [0.25, 0.3) is 5.91 Å². The minimum atomic E-state index is -3.48. The van der Waals surface area contributed by atoms with Crippen molar-refractivity contribution in [3.8, 4) is 0 Å². The summed E-state index contributed by atoms with van der Waals surface area (Å²) in [7, 11) is -0.557. The molecule has 0 radical (unpaired) electrons. The molecule has 0 saturated heterocycles. The van der Waals surface area contributed by atoms with Gasteiger partial charge in [-0.15, -0.1) is 0 Å². The summed E-state index contributed by atoms with van der Waals surface area (Å²) in [5.74, 6) is -0.266. The maximum Gasteiger partial charge on any atom is 0.251 e. The van der Waals surface area contributed by atoms with E-state index in [-0.39, 0.29) is 10.8 Å². The van der Waals surface area contributed by atoms with Crippen LogP contribution in [0.5, 0.6) is 0 Å². The number of hydrogen-bond donors (Lipinski definition) is 1. The van der Waals surface area contributed by atoms with Crippen molar-refractivity contribution in [1.29, 1.82) is 0 Å². The molecule has 0 atom stereocenters. The molecule has 0 spiro atoms. The molecule has 22 heavy (non-hydrogen) atoms. The van der Waals surface area contributed by atoms with Gasteiger partial charge in [0.2, 0.25) is 10.0 Å². The van der Waals surface area contributed by atoms with Crippen LogP contribution in [0.2, 0.25) is 0 Å². The van der Waals surface area contributed by atoms with Crippen LogP contribution in [0.25, 0.3) is 0 Å². The third kappa shape index (κ3) is 3.69. The molecule has 0 saturated carbocycles. The molecule has 1 N–H and O–H groups in total. The third-order valence-corrected chi connectivity index (χ3v) is 4.90. The van der Waals surface area contributed by atoms with Crippen LogP contribution < -0.4 is 5.32 Å². The summed E-state index contributed by atoms with van der Waals surface area (Å²) in [6, 6.07) is 9.50. The van der Waals surface area contributed by atoms with Crippen LogP contribution in [-0.2, 0) is 16.6 Å². The van der Waals surface area contributed by atoms with Crippen LogP contribution >= 0.6 is 0 Å². The van der Waals surface area contributed by atoms with E-state index in [1.807, 2.05) is 6.07 Å². The summed E-state index contributed by atoms with van der Waals surface area (Å²) in [6.45, 7) is 0.365. The Morgan fingerprint density at radius 2 is 1.86 bits per heavy atom. The first-order chi connectivity index (χ1) is 10.4. The van der Waals surface area contributed by atoms with Gasteiger partial charge in [-0.3, -0.25) is 9.78 Å². The van der Waals surface area contributed by atoms with Gasteiger partial charge in [0.15, 0.2) is 0 Å². The second kappa shape index (κ2) is 6.67. The lowest BCUT2D eigenvalue weighted by Crippen LogP contribution is -2.24. The Morgan fingerprint density at radius 1 is 1.18 bits per heavy atom. The highest BCUT2D eigenvalue weighted by atomic mass is 32.2. The van der Waals surface area contributed by atoms with Crippen LogP contribution in [0.4, 0.5) is 0 Å². The number of aromatic nitrogens is 1. The van der Waals surface area contributed by atoms with Crippen molar-refractivity contribution in [2.45, 2.75) is 11.4 Å². The predicted molar refractivity (Wildman–Crippen MR) is 82.7 cm³/mol. The Labute approximate surface area is 129 Å². The van der Waals surface area contributed by atoms with E-state index in [4.69, 9.17) is 0 Å². The largest absolute Gasteiger partial charge is 0.348 e. The first kappa shape index (κ1) is 16.1. The molecule has 1 aromatic heterocycles. The summed E-state index contributed by atoms with van der Waals surface area (Å²) in [5, 5.41) is 2.76. The first-order valence-electron chi connectivity index (χ1n) is 6.61. The zero-order chi connectivity index (χ0) is 16.2. The third-order valence-electron chi connectivity index (χ3n) is 3.07. The standard InChI is InChI=1S/C15H17N3O3S/c1-18(2)22(20,21)14-7-5-13(6-8-14)15(19)17-11-12-4-3-9-16-10-12/h3-10H,11H2,1-2H3,(H,17,19). The number of hydrogen-bond acceptors (Lipinski definition) is 4. The highest BCUT2D eigenvalue weighted by Gasteiger charge is 2.17. The van der Waals surface area contributed by atoms with Crippen molar-refractivity contribution in [3.05, 3.63) is 59.9 Å². The van der Waals surface area contributed by atoms with Gasteiger partial charge in [-0.05, 0) is 35.9 Å². The van der Waals surface area contributed by atoms with Gasteiger partial charge in [0.05, 0.1) is 4.90 Å². The number of carbonyl (C=O) groups is 1. The molecule has 0 aliphatic carbocycles. The fourth-order valence-electron chi connectivity index (χ4n) is 1.78. The summed E-state index contributed by atoms with van der Waals surface area (Å²) in [5.41, 5.74) is 1.30. The molecule has 1 aromatic carbocycles. The van der Waals surface area contributed by atoms with Crippen molar-refractivity contribution in [2.24, 2.45) is 0 Å². The molecule has 1 heterocycles. The van der Waals surface area contributed by atoms with Crippen LogP contribution in [0, 0.1) is 0 Å². The monoisotopic (exact) mass is 319 g/mol. The topological polar surface area (TPSA) is 79.4 Å². The minimum absolute atomic E-state index is 0.154. The van der Waals surface area contributed by atoms with Gasteiger partial charge in [-0.2, -0.15) is 0 Å². The quantitative estimate of drug-likeness (QED) is 0.900. The molecular weight excluding hydrogens is 302 g/mol. The van der Waals surface area contributed by atoms with Gasteiger partial charge >= 0.3 is 0 Å². The zero-order valence-electron chi connectivity index (χ0n) is 12.4. The minimum Gasteiger partial charge on any atom is -0.348 e. The highest BCUT2D eigenvalue weighted by Crippen LogP contribution is 2.14. The Hall–Kier alpha value is -2.25. The van der Waals surface area contributed by atoms with E-state index < -0.39 is 10.0 Å². The maximum atomic E-state index is 12.0. The molecule has 0 bridgehead atoms. The lowest BCUT2D eigenvalue weighted by molar-refractivity contribution is 0.0951. The predicted octanol–water partition coefficient (Wildman–Crippen LogP) is 1.26. The van der Waals surface area contributed by atoms with E-state index in [0.717, 1.165) is 9.87 Å². The Balaban J connectivity index is 2.06. The van der Waals surface area contributed by atoms with Crippen LogP contribution in [0.1, 0.15) is 15.9 Å². The number of nitrogens with one attached hydrogen (secondary N) is 1.